The Kier molecular flexibility index (Phi) is 4.51. The molecule has 160 valence electrons. The van der Waals surface area contributed by atoms with Crippen molar-refractivity contribution in [3.05, 3.63) is 73.9 Å². The maximum atomic E-state index is 15.9. The highest BCUT2D eigenvalue weighted by molar-refractivity contribution is 5.93. The average molecular weight is 429 g/mol. The van der Waals surface area contributed by atoms with Crippen molar-refractivity contribution in [2.24, 2.45) is 5.73 Å². The molecule has 0 saturated heterocycles. The Morgan fingerprint density at radius 1 is 1.03 bits per heavy atom. The molecule has 2 heterocycles. The fraction of sp³-hybridized carbons (Fsp3) is 0.273. The molecule has 0 amide bonds. The van der Waals surface area contributed by atoms with E-state index in [1.165, 1.54) is 16.7 Å². The van der Waals surface area contributed by atoms with Crippen LogP contribution in [0, 0.1) is 17.5 Å². The fourth-order valence-corrected chi connectivity index (χ4v) is 4.52. The molecule has 2 aromatic heterocycles. The van der Waals surface area contributed by atoms with E-state index in [-0.39, 0.29) is 39.3 Å². The second-order valence-corrected chi connectivity index (χ2v) is 7.95. The number of nitrogens with two attached hydrogens (primary N) is 1. The highest BCUT2D eigenvalue weighted by atomic mass is 19.1. The van der Waals surface area contributed by atoms with Gasteiger partial charge in [0.2, 0.25) is 11.1 Å². The van der Waals surface area contributed by atoms with Gasteiger partial charge in [-0.2, -0.15) is 5.16 Å². The number of pyridine rings is 1. The monoisotopic (exact) mass is 429 g/mol. The van der Waals surface area contributed by atoms with Crippen molar-refractivity contribution in [1.29, 1.82) is 0 Å². The van der Waals surface area contributed by atoms with Crippen molar-refractivity contribution in [2.45, 2.75) is 37.6 Å². The van der Waals surface area contributed by atoms with Gasteiger partial charge in [0.1, 0.15) is 11.6 Å². The summed E-state index contributed by atoms with van der Waals surface area (Å²) in [6, 6.07) is 5.98. The Hall–Kier alpha value is -3.33. The second kappa shape index (κ2) is 7.12. The number of hydrogen-bond donors (Lipinski definition) is 2. The lowest BCUT2D eigenvalue weighted by molar-refractivity contribution is 0.377. The minimum Gasteiger partial charge on any atom is -0.359 e. The number of nitrogens with zero attached hydrogens (tertiary/aromatic N) is 1. The van der Waals surface area contributed by atoms with Crippen LogP contribution >= 0.6 is 0 Å². The summed E-state index contributed by atoms with van der Waals surface area (Å²) in [5, 5.41) is 1.41. The van der Waals surface area contributed by atoms with Crippen molar-refractivity contribution in [3.63, 3.8) is 0 Å². The molecule has 0 spiro atoms. The zero-order valence-electron chi connectivity index (χ0n) is 16.3. The molecule has 0 bridgehead atoms. The van der Waals surface area contributed by atoms with Crippen LogP contribution in [0.3, 0.4) is 0 Å². The highest BCUT2D eigenvalue weighted by Gasteiger charge is 2.30. The minimum atomic E-state index is -0.900. The highest BCUT2D eigenvalue weighted by Crippen LogP contribution is 2.38. The van der Waals surface area contributed by atoms with Crippen molar-refractivity contribution in [3.8, 4) is 5.69 Å². The van der Waals surface area contributed by atoms with Gasteiger partial charge in [0.25, 0.3) is 5.56 Å². The third-order valence-corrected chi connectivity index (χ3v) is 6.07. The third-order valence-electron chi connectivity index (χ3n) is 6.07. The summed E-state index contributed by atoms with van der Waals surface area (Å²) in [5.74, 6) is -2.66. The number of aromatic nitrogens is 2. The van der Waals surface area contributed by atoms with Crippen molar-refractivity contribution >= 4 is 22.0 Å². The Balaban J connectivity index is 1.91. The van der Waals surface area contributed by atoms with Gasteiger partial charge in [0, 0.05) is 17.3 Å². The zero-order valence-corrected chi connectivity index (χ0v) is 16.3. The molecule has 1 aliphatic carbocycles. The molecule has 0 aliphatic heterocycles. The van der Waals surface area contributed by atoms with E-state index < -0.39 is 34.4 Å². The Labute approximate surface area is 173 Å². The first kappa shape index (κ1) is 19.6. The number of fused-ring (bicyclic) bond motifs is 2. The van der Waals surface area contributed by atoms with E-state index in [1.807, 2.05) is 0 Å². The topological polar surface area (TPSA) is 94.0 Å². The van der Waals surface area contributed by atoms with Gasteiger partial charge in [0.05, 0.1) is 10.9 Å². The van der Waals surface area contributed by atoms with E-state index in [0.29, 0.717) is 25.7 Å². The summed E-state index contributed by atoms with van der Waals surface area (Å²) in [6.07, 6.45) is 2.31. The molecule has 6 nitrogen and oxygen atoms in total. The van der Waals surface area contributed by atoms with Crippen LogP contribution < -0.4 is 16.7 Å². The van der Waals surface area contributed by atoms with Crippen LogP contribution in [-0.4, -0.2) is 15.8 Å². The van der Waals surface area contributed by atoms with Gasteiger partial charge in [-0.3, -0.25) is 14.2 Å². The van der Waals surface area contributed by atoms with Crippen LogP contribution in [0.2, 0.25) is 0 Å². The normalized spacial score (nSPS) is 19.4. The lowest BCUT2D eigenvalue weighted by Crippen LogP contribution is -2.26. The van der Waals surface area contributed by atoms with Crippen LogP contribution in [0.4, 0.5) is 13.2 Å². The predicted molar refractivity (Wildman–Crippen MR) is 109 cm³/mol. The number of H-pyrrole nitrogens is 1. The van der Waals surface area contributed by atoms with Gasteiger partial charge in [-0.15, -0.1) is 0 Å². The van der Waals surface area contributed by atoms with Crippen LogP contribution in [0.5, 0.6) is 0 Å². The van der Waals surface area contributed by atoms with Crippen LogP contribution in [0.15, 0.2) is 44.4 Å². The molecule has 1 aliphatic rings. The number of benzene rings is 2. The van der Waals surface area contributed by atoms with Crippen LogP contribution in [0.25, 0.3) is 27.7 Å². The molecular weight excluding hydrogens is 411 g/mol. The molecule has 4 aromatic rings. The summed E-state index contributed by atoms with van der Waals surface area (Å²) >= 11 is 0. The predicted octanol–water partition coefficient (Wildman–Crippen LogP) is 3.83. The fourth-order valence-electron chi connectivity index (χ4n) is 4.52. The van der Waals surface area contributed by atoms with Crippen LogP contribution in [-0.2, 0) is 0 Å². The van der Waals surface area contributed by atoms with Gasteiger partial charge < -0.3 is 10.3 Å². The SMILES string of the molecule is NC1CCC(c2c(F)cc3c(=O)c4c(=O)[nH]oc4n(-c4ccc(F)cc4)c3c2F)CC1. The second-order valence-electron chi connectivity index (χ2n) is 7.95. The summed E-state index contributed by atoms with van der Waals surface area (Å²) in [5.41, 5.74) is 3.96. The maximum Gasteiger partial charge on any atom is 0.293 e. The molecule has 3 N–H and O–H groups in total. The molecule has 9 heteroatoms. The molecule has 2 aromatic carbocycles. The Bertz CT molecular complexity index is 1430. The van der Waals surface area contributed by atoms with Crippen molar-refractivity contribution in [2.75, 3.05) is 0 Å². The zero-order chi connectivity index (χ0) is 21.9. The summed E-state index contributed by atoms with van der Waals surface area (Å²) < 4.78 is 50.9. The molecular formula is C22H18F3N3O3. The molecule has 0 atom stereocenters. The van der Waals surface area contributed by atoms with Gasteiger partial charge >= 0.3 is 0 Å². The number of rotatable bonds is 2. The quantitative estimate of drug-likeness (QED) is 0.507. The van der Waals surface area contributed by atoms with E-state index in [2.05, 4.69) is 5.16 Å². The molecule has 0 unspecified atom stereocenters. The van der Waals surface area contributed by atoms with Crippen molar-refractivity contribution in [1.82, 2.24) is 9.72 Å². The van der Waals surface area contributed by atoms with Crippen molar-refractivity contribution < 1.29 is 17.7 Å². The van der Waals surface area contributed by atoms with E-state index in [4.69, 9.17) is 10.3 Å². The van der Waals surface area contributed by atoms with Crippen LogP contribution in [0.1, 0.15) is 37.2 Å². The summed E-state index contributed by atoms with van der Waals surface area (Å²) in [7, 11) is 0. The molecule has 0 radical (unpaired) electrons. The lowest BCUT2D eigenvalue weighted by atomic mass is 9.81. The van der Waals surface area contributed by atoms with Gasteiger partial charge in [0.15, 0.2) is 11.2 Å². The number of nitrogens with one attached hydrogen (secondary N) is 1. The first-order chi connectivity index (χ1) is 14.9. The Morgan fingerprint density at radius 3 is 2.39 bits per heavy atom. The molecule has 5 rings (SSSR count). The molecule has 31 heavy (non-hydrogen) atoms. The van der Waals surface area contributed by atoms with E-state index >= 15 is 8.78 Å². The summed E-state index contributed by atoms with van der Waals surface area (Å²) in [4.78, 5) is 25.1. The minimum absolute atomic E-state index is 0.00557. The molecule has 1 saturated carbocycles. The van der Waals surface area contributed by atoms with E-state index in [9.17, 15) is 14.0 Å². The smallest absolute Gasteiger partial charge is 0.293 e. The first-order valence-corrected chi connectivity index (χ1v) is 9.96. The number of hydrogen-bond acceptors (Lipinski definition) is 4. The first-order valence-electron chi connectivity index (χ1n) is 9.96. The number of halogens is 3. The maximum absolute atomic E-state index is 15.9. The van der Waals surface area contributed by atoms with E-state index in [1.54, 1.807) is 0 Å². The lowest BCUT2D eigenvalue weighted by Gasteiger charge is -2.27. The average Bonchev–Trinajstić information content (AvgIpc) is 3.13. The van der Waals surface area contributed by atoms with Gasteiger partial charge in [-0.1, -0.05) is 0 Å². The van der Waals surface area contributed by atoms with E-state index in [0.717, 1.165) is 18.2 Å². The standard InChI is InChI=1S/C22H18F3N3O3/c23-11-3-7-13(8-4-11)28-19-14(20(29)17-21(30)27-31-22(17)28)9-15(24)16(18(19)25)10-1-5-12(26)6-2-10/h3-4,7-10,12H,1-2,5-6,26H2,(H,27,30). The van der Waals surface area contributed by atoms with Gasteiger partial charge in [-0.05, 0) is 61.9 Å². The third kappa shape index (κ3) is 2.99. The largest absolute Gasteiger partial charge is 0.359 e. The molecule has 1 fully saturated rings. The van der Waals surface area contributed by atoms with Gasteiger partial charge in [-0.25, -0.2) is 13.2 Å². The number of aromatic amines is 1. The summed E-state index contributed by atoms with van der Waals surface area (Å²) in [6.45, 7) is 0. The Morgan fingerprint density at radius 2 is 1.71 bits per heavy atom.